The van der Waals surface area contributed by atoms with Crippen LogP contribution in [0.25, 0.3) is 0 Å². The number of carbonyl (C=O) groups is 3. The summed E-state index contributed by atoms with van der Waals surface area (Å²) >= 11 is 0. The third-order valence-corrected chi connectivity index (χ3v) is 4.72. The molecule has 0 saturated carbocycles. The standard InChI is InChI=1S/C23H30N4O4/c1-16-8-6-9-17(2)23(16)25-21(29)14-27(4)22(30)15-26(3)13-20(28)24-18-10-7-11-19(12-18)31-5/h6-12H,13-15H2,1-5H3,(H,24,28)(H,25,29). The van der Waals surface area contributed by atoms with Gasteiger partial charge in [0.2, 0.25) is 17.7 Å². The van der Waals surface area contributed by atoms with Crippen molar-refractivity contribution >= 4 is 29.1 Å². The first-order valence-electron chi connectivity index (χ1n) is 9.92. The topological polar surface area (TPSA) is 91.0 Å². The normalized spacial score (nSPS) is 10.5. The maximum atomic E-state index is 12.5. The zero-order valence-electron chi connectivity index (χ0n) is 18.7. The Balaban J connectivity index is 1.81. The second-order valence-electron chi connectivity index (χ2n) is 7.52. The Morgan fingerprint density at radius 2 is 1.48 bits per heavy atom. The third kappa shape index (κ3) is 7.42. The van der Waals surface area contributed by atoms with Crippen LogP contribution < -0.4 is 15.4 Å². The highest BCUT2D eigenvalue weighted by Gasteiger charge is 2.17. The highest BCUT2D eigenvalue weighted by atomic mass is 16.5. The molecule has 8 nitrogen and oxygen atoms in total. The first kappa shape index (κ1) is 23.9. The van der Waals surface area contributed by atoms with Crippen LogP contribution in [0.3, 0.4) is 0 Å². The Hall–Kier alpha value is -3.39. The summed E-state index contributed by atoms with van der Waals surface area (Å²) in [7, 11) is 4.80. The summed E-state index contributed by atoms with van der Waals surface area (Å²) in [5, 5.41) is 5.64. The summed E-state index contributed by atoms with van der Waals surface area (Å²) in [4.78, 5) is 40.0. The lowest BCUT2D eigenvalue weighted by molar-refractivity contribution is -0.134. The van der Waals surface area contributed by atoms with Gasteiger partial charge in [0.1, 0.15) is 5.75 Å². The molecular formula is C23H30N4O4. The lowest BCUT2D eigenvalue weighted by Gasteiger charge is -2.22. The number of carbonyl (C=O) groups excluding carboxylic acids is 3. The van der Waals surface area contributed by atoms with Crippen molar-refractivity contribution in [1.29, 1.82) is 0 Å². The molecule has 0 atom stereocenters. The van der Waals surface area contributed by atoms with Crippen LogP contribution in [0.15, 0.2) is 42.5 Å². The van der Waals surface area contributed by atoms with Gasteiger partial charge in [-0.05, 0) is 44.2 Å². The fraction of sp³-hybridized carbons (Fsp3) is 0.348. The number of methoxy groups -OCH3 is 1. The number of ether oxygens (including phenoxy) is 1. The number of amides is 3. The largest absolute Gasteiger partial charge is 0.497 e. The van der Waals surface area contributed by atoms with E-state index in [4.69, 9.17) is 4.74 Å². The van der Waals surface area contributed by atoms with Gasteiger partial charge in [0, 0.05) is 24.5 Å². The van der Waals surface area contributed by atoms with Crippen LogP contribution in [0.4, 0.5) is 11.4 Å². The predicted molar refractivity (Wildman–Crippen MR) is 121 cm³/mol. The number of nitrogens with zero attached hydrogens (tertiary/aromatic N) is 2. The quantitative estimate of drug-likeness (QED) is 0.642. The summed E-state index contributed by atoms with van der Waals surface area (Å²) in [6.07, 6.45) is 0. The van der Waals surface area contributed by atoms with Gasteiger partial charge in [-0.1, -0.05) is 24.3 Å². The maximum Gasteiger partial charge on any atom is 0.243 e. The number of hydrogen-bond acceptors (Lipinski definition) is 5. The number of likely N-dealkylation sites (N-methyl/N-ethyl adjacent to an activating group) is 2. The monoisotopic (exact) mass is 426 g/mol. The van der Waals surface area contributed by atoms with E-state index in [1.54, 1.807) is 50.4 Å². The summed E-state index contributed by atoms with van der Waals surface area (Å²) in [5.41, 5.74) is 3.30. The minimum Gasteiger partial charge on any atom is -0.497 e. The molecule has 0 aliphatic heterocycles. The van der Waals surface area contributed by atoms with Crippen molar-refractivity contribution < 1.29 is 19.1 Å². The molecule has 0 aliphatic rings. The van der Waals surface area contributed by atoms with E-state index < -0.39 is 0 Å². The number of aryl methyl sites for hydroxylation is 2. The van der Waals surface area contributed by atoms with Crippen LogP contribution >= 0.6 is 0 Å². The lowest BCUT2D eigenvalue weighted by atomic mass is 10.1. The Morgan fingerprint density at radius 3 is 2.13 bits per heavy atom. The van der Waals surface area contributed by atoms with Crippen LogP contribution in [-0.2, 0) is 14.4 Å². The van der Waals surface area contributed by atoms with Crippen molar-refractivity contribution in [1.82, 2.24) is 9.80 Å². The zero-order chi connectivity index (χ0) is 23.0. The fourth-order valence-corrected chi connectivity index (χ4v) is 3.05. The Morgan fingerprint density at radius 1 is 0.871 bits per heavy atom. The zero-order valence-corrected chi connectivity index (χ0v) is 18.7. The summed E-state index contributed by atoms with van der Waals surface area (Å²) in [5.74, 6) is -0.138. The first-order valence-corrected chi connectivity index (χ1v) is 9.92. The molecule has 2 aromatic rings. The van der Waals surface area contributed by atoms with Gasteiger partial charge in [0.15, 0.2) is 0 Å². The van der Waals surface area contributed by atoms with Gasteiger partial charge < -0.3 is 20.3 Å². The maximum absolute atomic E-state index is 12.5. The number of para-hydroxylation sites is 1. The van der Waals surface area contributed by atoms with Gasteiger partial charge in [0.25, 0.3) is 0 Å². The second kappa shape index (κ2) is 11.1. The van der Waals surface area contributed by atoms with Crippen LogP contribution in [0.2, 0.25) is 0 Å². The van der Waals surface area contributed by atoms with Gasteiger partial charge in [-0.15, -0.1) is 0 Å². The van der Waals surface area contributed by atoms with E-state index in [9.17, 15) is 14.4 Å². The predicted octanol–water partition coefficient (Wildman–Crippen LogP) is 2.28. The highest BCUT2D eigenvalue weighted by Crippen LogP contribution is 2.19. The molecule has 0 fully saturated rings. The second-order valence-corrected chi connectivity index (χ2v) is 7.52. The smallest absolute Gasteiger partial charge is 0.243 e. The third-order valence-electron chi connectivity index (χ3n) is 4.72. The minimum absolute atomic E-state index is 0.0126. The summed E-state index contributed by atoms with van der Waals surface area (Å²) in [6.45, 7) is 3.81. The van der Waals surface area contributed by atoms with E-state index in [1.807, 2.05) is 32.0 Å². The molecule has 0 radical (unpaired) electrons. The Bertz CT molecular complexity index is 925. The molecule has 0 spiro atoms. The van der Waals surface area contributed by atoms with E-state index in [1.165, 1.54) is 4.90 Å². The average Bonchev–Trinajstić information content (AvgIpc) is 2.70. The highest BCUT2D eigenvalue weighted by molar-refractivity contribution is 5.96. The number of rotatable bonds is 9. The van der Waals surface area contributed by atoms with Crippen LogP contribution in [0, 0.1) is 13.8 Å². The summed E-state index contributed by atoms with van der Waals surface area (Å²) < 4.78 is 5.13. The lowest BCUT2D eigenvalue weighted by Crippen LogP contribution is -2.42. The number of benzene rings is 2. The molecule has 0 aliphatic carbocycles. The molecule has 3 amide bonds. The molecule has 166 valence electrons. The van der Waals surface area contributed by atoms with Crippen molar-refractivity contribution in [2.24, 2.45) is 0 Å². The molecule has 2 aromatic carbocycles. The number of hydrogen-bond donors (Lipinski definition) is 2. The molecular weight excluding hydrogens is 396 g/mol. The van der Waals surface area contributed by atoms with Crippen molar-refractivity contribution in [3.8, 4) is 5.75 Å². The Labute approximate surface area is 183 Å². The molecule has 2 rings (SSSR count). The molecule has 0 saturated heterocycles. The average molecular weight is 427 g/mol. The number of anilines is 2. The van der Waals surface area contributed by atoms with E-state index in [0.717, 1.165) is 16.8 Å². The number of nitrogens with one attached hydrogen (secondary N) is 2. The van der Waals surface area contributed by atoms with Gasteiger partial charge in [-0.2, -0.15) is 0 Å². The van der Waals surface area contributed by atoms with Crippen LogP contribution in [0.5, 0.6) is 5.75 Å². The van der Waals surface area contributed by atoms with Crippen molar-refractivity contribution in [2.45, 2.75) is 13.8 Å². The van der Waals surface area contributed by atoms with E-state index in [-0.39, 0.29) is 37.4 Å². The minimum atomic E-state index is -0.272. The molecule has 0 heterocycles. The van der Waals surface area contributed by atoms with E-state index in [0.29, 0.717) is 11.4 Å². The van der Waals surface area contributed by atoms with Crippen molar-refractivity contribution in [2.75, 3.05) is 51.5 Å². The molecule has 31 heavy (non-hydrogen) atoms. The molecule has 0 unspecified atom stereocenters. The van der Waals surface area contributed by atoms with Crippen LogP contribution in [0.1, 0.15) is 11.1 Å². The van der Waals surface area contributed by atoms with Gasteiger partial charge in [-0.25, -0.2) is 0 Å². The van der Waals surface area contributed by atoms with Gasteiger partial charge in [-0.3, -0.25) is 19.3 Å². The van der Waals surface area contributed by atoms with E-state index >= 15 is 0 Å². The van der Waals surface area contributed by atoms with Gasteiger partial charge >= 0.3 is 0 Å². The molecule has 0 bridgehead atoms. The molecule has 2 N–H and O–H groups in total. The van der Waals surface area contributed by atoms with Crippen molar-refractivity contribution in [3.05, 3.63) is 53.6 Å². The van der Waals surface area contributed by atoms with E-state index in [2.05, 4.69) is 10.6 Å². The first-order chi connectivity index (χ1) is 14.7. The Kier molecular flexibility index (Phi) is 8.57. The van der Waals surface area contributed by atoms with Crippen molar-refractivity contribution in [3.63, 3.8) is 0 Å². The van der Waals surface area contributed by atoms with Gasteiger partial charge in [0.05, 0.1) is 26.7 Å². The molecule has 0 aromatic heterocycles. The summed E-state index contributed by atoms with van der Waals surface area (Å²) in [6, 6.07) is 12.8. The molecule has 8 heteroatoms. The SMILES string of the molecule is COc1cccc(NC(=O)CN(C)CC(=O)N(C)CC(=O)Nc2c(C)cccc2C)c1. The fourth-order valence-electron chi connectivity index (χ4n) is 3.05. The van der Waals surface area contributed by atoms with Crippen LogP contribution in [-0.4, -0.2) is 68.4 Å².